The summed E-state index contributed by atoms with van der Waals surface area (Å²) in [6, 6.07) is 15.6. The van der Waals surface area contributed by atoms with Crippen molar-refractivity contribution in [1.29, 1.82) is 0 Å². The second-order valence-corrected chi connectivity index (χ2v) is 7.54. The van der Waals surface area contributed by atoms with Crippen LogP contribution in [0.3, 0.4) is 0 Å². The molecule has 0 unspecified atom stereocenters. The fourth-order valence-electron chi connectivity index (χ4n) is 2.54. The Morgan fingerprint density at radius 2 is 1.79 bits per heavy atom. The molecule has 0 bridgehead atoms. The van der Waals surface area contributed by atoms with Gasteiger partial charge in [0.25, 0.3) is 5.22 Å². The summed E-state index contributed by atoms with van der Waals surface area (Å²) >= 11 is 1.24. The van der Waals surface area contributed by atoms with Crippen molar-refractivity contribution in [3.63, 3.8) is 0 Å². The van der Waals surface area contributed by atoms with Crippen LogP contribution in [0, 0.1) is 0 Å². The standard InChI is InChI=1S/C21H23N3O3S/c1-4-15-5-9-17(10-6-15)20-23-24-21(27-20)28-14(2)19(25)22-13-16-7-11-18(26-3)12-8-16/h5-12,14H,4,13H2,1-3H3,(H,22,25)/t14-/m1/s1. The van der Waals surface area contributed by atoms with E-state index < -0.39 is 0 Å². The maximum absolute atomic E-state index is 12.3. The van der Waals surface area contributed by atoms with Crippen LogP contribution in [-0.2, 0) is 17.8 Å². The number of ether oxygens (including phenoxy) is 1. The number of carbonyl (C=O) groups is 1. The summed E-state index contributed by atoms with van der Waals surface area (Å²) in [6.07, 6.45) is 0.981. The molecule has 1 aromatic heterocycles. The van der Waals surface area contributed by atoms with Crippen molar-refractivity contribution in [2.45, 2.75) is 37.3 Å². The fourth-order valence-corrected chi connectivity index (χ4v) is 3.25. The molecule has 0 radical (unpaired) electrons. The summed E-state index contributed by atoms with van der Waals surface area (Å²) in [4.78, 5) is 12.3. The SMILES string of the molecule is CCc1ccc(-c2nnc(S[C@H](C)C(=O)NCc3ccc(OC)cc3)o2)cc1. The van der Waals surface area contributed by atoms with Crippen LogP contribution < -0.4 is 10.1 Å². The van der Waals surface area contributed by atoms with Crippen molar-refractivity contribution in [3.05, 3.63) is 59.7 Å². The first-order valence-electron chi connectivity index (χ1n) is 9.09. The quantitative estimate of drug-likeness (QED) is 0.577. The smallest absolute Gasteiger partial charge is 0.277 e. The number of nitrogens with one attached hydrogen (secondary N) is 1. The van der Waals surface area contributed by atoms with E-state index in [1.807, 2.05) is 55.5 Å². The third-order valence-corrected chi connectivity index (χ3v) is 5.22. The van der Waals surface area contributed by atoms with E-state index in [1.54, 1.807) is 7.11 Å². The summed E-state index contributed by atoms with van der Waals surface area (Å²) in [6.45, 7) is 4.37. The number of aryl methyl sites for hydroxylation is 1. The van der Waals surface area contributed by atoms with Gasteiger partial charge in [-0.05, 0) is 48.7 Å². The van der Waals surface area contributed by atoms with Crippen LogP contribution in [0.25, 0.3) is 11.5 Å². The average Bonchev–Trinajstić information content (AvgIpc) is 3.20. The first-order valence-corrected chi connectivity index (χ1v) is 9.97. The zero-order valence-corrected chi connectivity index (χ0v) is 17.0. The zero-order chi connectivity index (χ0) is 19.9. The van der Waals surface area contributed by atoms with Crippen molar-refractivity contribution in [2.75, 3.05) is 7.11 Å². The van der Waals surface area contributed by atoms with Crippen LogP contribution in [0.15, 0.2) is 58.2 Å². The molecule has 1 amide bonds. The molecular formula is C21H23N3O3S. The molecule has 3 aromatic rings. The van der Waals surface area contributed by atoms with Crippen LogP contribution in [0.5, 0.6) is 5.75 Å². The highest BCUT2D eigenvalue weighted by Gasteiger charge is 2.18. The van der Waals surface area contributed by atoms with Gasteiger partial charge in [0.2, 0.25) is 11.8 Å². The summed E-state index contributed by atoms with van der Waals surface area (Å²) in [7, 11) is 1.62. The van der Waals surface area contributed by atoms with E-state index in [-0.39, 0.29) is 11.2 Å². The highest BCUT2D eigenvalue weighted by Crippen LogP contribution is 2.26. The van der Waals surface area contributed by atoms with Crippen molar-refractivity contribution in [2.24, 2.45) is 0 Å². The molecule has 0 aliphatic rings. The highest BCUT2D eigenvalue weighted by molar-refractivity contribution is 8.00. The Morgan fingerprint density at radius 3 is 2.43 bits per heavy atom. The van der Waals surface area contributed by atoms with Crippen LogP contribution in [0.4, 0.5) is 0 Å². The van der Waals surface area contributed by atoms with Gasteiger partial charge in [0, 0.05) is 12.1 Å². The lowest BCUT2D eigenvalue weighted by Crippen LogP contribution is -2.30. The second kappa shape index (κ2) is 9.41. The van der Waals surface area contributed by atoms with Crippen LogP contribution >= 0.6 is 11.8 Å². The fraction of sp³-hybridized carbons (Fsp3) is 0.286. The van der Waals surface area contributed by atoms with E-state index in [0.717, 1.165) is 23.3 Å². The number of hydrogen-bond donors (Lipinski definition) is 1. The number of hydrogen-bond acceptors (Lipinski definition) is 6. The molecule has 2 aromatic carbocycles. The third-order valence-electron chi connectivity index (χ3n) is 4.29. The molecule has 6 nitrogen and oxygen atoms in total. The van der Waals surface area contributed by atoms with Crippen molar-refractivity contribution in [1.82, 2.24) is 15.5 Å². The number of thioether (sulfide) groups is 1. The third kappa shape index (κ3) is 5.13. The number of carbonyl (C=O) groups excluding carboxylic acids is 1. The normalized spacial score (nSPS) is 11.8. The van der Waals surface area contributed by atoms with Crippen molar-refractivity contribution >= 4 is 17.7 Å². The van der Waals surface area contributed by atoms with E-state index >= 15 is 0 Å². The van der Waals surface area contributed by atoms with Crippen LogP contribution in [0.1, 0.15) is 25.0 Å². The van der Waals surface area contributed by atoms with Gasteiger partial charge in [-0.3, -0.25) is 4.79 Å². The largest absolute Gasteiger partial charge is 0.497 e. The Morgan fingerprint density at radius 1 is 1.11 bits per heavy atom. The monoisotopic (exact) mass is 397 g/mol. The molecule has 0 aliphatic heterocycles. The summed E-state index contributed by atoms with van der Waals surface area (Å²) in [5.41, 5.74) is 3.12. The molecule has 3 rings (SSSR count). The molecule has 1 N–H and O–H groups in total. The van der Waals surface area contributed by atoms with Gasteiger partial charge in [-0.25, -0.2) is 0 Å². The van der Waals surface area contributed by atoms with E-state index in [4.69, 9.17) is 9.15 Å². The van der Waals surface area contributed by atoms with Gasteiger partial charge in [-0.2, -0.15) is 0 Å². The predicted octanol–water partition coefficient (Wildman–Crippen LogP) is 4.10. The minimum atomic E-state index is -0.353. The Labute approximate surface area is 168 Å². The van der Waals surface area contributed by atoms with Gasteiger partial charge < -0.3 is 14.5 Å². The summed E-state index contributed by atoms with van der Waals surface area (Å²) < 4.78 is 10.8. The highest BCUT2D eigenvalue weighted by atomic mass is 32.2. The van der Waals surface area contributed by atoms with E-state index in [0.29, 0.717) is 17.7 Å². The molecule has 0 fully saturated rings. The lowest BCUT2D eigenvalue weighted by molar-refractivity contribution is -0.120. The molecule has 0 aliphatic carbocycles. The molecule has 0 saturated heterocycles. The van der Waals surface area contributed by atoms with Crippen molar-refractivity contribution in [3.8, 4) is 17.2 Å². The molecule has 28 heavy (non-hydrogen) atoms. The second-order valence-electron chi connectivity index (χ2n) is 6.25. The lowest BCUT2D eigenvalue weighted by Gasteiger charge is -2.10. The number of aromatic nitrogens is 2. The first-order chi connectivity index (χ1) is 13.6. The molecule has 0 saturated carbocycles. The number of methoxy groups -OCH3 is 1. The van der Waals surface area contributed by atoms with E-state index in [9.17, 15) is 4.79 Å². The molecular weight excluding hydrogens is 374 g/mol. The maximum Gasteiger partial charge on any atom is 0.277 e. The minimum Gasteiger partial charge on any atom is -0.497 e. The predicted molar refractivity (Wildman–Crippen MR) is 109 cm³/mol. The van der Waals surface area contributed by atoms with E-state index in [2.05, 4.69) is 22.4 Å². The lowest BCUT2D eigenvalue weighted by atomic mass is 10.1. The first kappa shape index (κ1) is 19.9. The van der Waals surface area contributed by atoms with Gasteiger partial charge >= 0.3 is 0 Å². The van der Waals surface area contributed by atoms with Crippen LogP contribution in [0.2, 0.25) is 0 Å². The Bertz CT molecular complexity index is 907. The molecule has 7 heteroatoms. The van der Waals surface area contributed by atoms with Gasteiger partial charge in [0.1, 0.15) is 5.75 Å². The molecule has 1 atom stereocenters. The van der Waals surface area contributed by atoms with Gasteiger partial charge in [0.15, 0.2) is 0 Å². The molecule has 0 spiro atoms. The molecule has 1 heterocycles. The average molecular weight is 398 g/mol. The van der Waals surface area contributed by atoms with Gasteiger partial charge in [0.05, 0.1) is 12.4 Å². The maximum atomic E-state index is 12.3. The van der Waals surface area contributed by atoms with Crippen molar-refractivity contribution < 1.29 is 13.9 Å². The number of nitrogens with zero attached hydrogens (tertiary/aromatic N) is 2. The number of rotatable bonds is 8. The number of amides is 1. The van der Waals surface area contributed by atoms with Crippen LogP contribution in [-0.4, -0.2) is 28.5 Å². The Kier molecular flexibility index (Phi) is 6.71. The Hall–Kier alpha value is -2.80. The Balaban J connectivity index is 1.54. The minimum absolute atomic E-state index is 0.0899. The molecule has 146 valence electrons. The van der Waals surface area contributed by atoms with Gasteiger partial charge in [-0.1, -0.05) is 43.0 Å². The summed E-state index contributed by atoms with van der Waals surface area (Å²) in [5.74, 6) is 1.15. The number of benzene rings is 2. The van der Waals surface area contributed by atoms with Gasteiger partial charge in [-0.15, -0.1) is 10.2 Å². The topological polar surface area (TPSA) is 77.2 Å². The van der Waals surface area contributed by atoms with E-state index in [1.165, 1.54) is 17.3 Å². The zero-order valence-electron chi connectivity index (χ0n) is 16.1. The summed E-state index contributed by atoms with van der Waals surface area (Å²) in [5, 5.41) is 11.1.